The Morgan fingerprint density at radius 2 is 1.84 bits per heavy atom. The lowest BCUT2D eigenvalue weighted by molar-refractivity contribution is -0.106. The Hall–Kier alpha value is -1.10. The standard InChI is InChI=1S/C15H23NO3/c16-13-15(7-11-17-12-8-15)19-10-4-9-18-14-5-2-1-3-6-14/h1-3,5-6H,4,7-13,16H2. The zero-order valence-electron chi connectivity index (χ0n) is 11.3. The first-order valence-electron chi connectivity index (χ1n) is 6.94. The van der Waals surface area contributed by atoms with Crippen LogP contribution in [0.1, 0.15) is 19.3 Å². The van der Waals surface area contributed by atoms with Gasteiger partial charge in [-0.25, -0.2) is 0 Å². The molecule has 4 heteroatoms. The summed E-state index contributed by atoms with van der Waals surface area (Å²) in [6, 6.07) is 9.84. The number of rotatable bonds is 7. The van der Waals surface area contributed by atoms with E-state index in [1.54, 1.807) is 0 Å². The molecule has 1 aromatic carbocycles. The highest BCUT2D eigenvalue weighted by atomic mass is 16.5. The van der Waals surface area contributed by atoms with Gasteiger partial charge in [-0.05, 0) is 12.1 Å². The predicted octanol–water partition coefficient (Wildman–Crippen LogP) is 1.98. The van der Waals surface area contributed by atoms with E-state index in [-0.39, 0.29) is 5.60 Å². The molecular formula is C15H23NO3. The first kappa shape index (κ1) is 14.3. The molecule has 2 rings (SSSR count). The average molecular weight is 265 g/mol. The second kappa shape index (κ2) is 7.48. The second-order valence-corrected chi connectivity index (χ2v) is 4.86. The van der Waals surface area contributed by atoms with Crippen molar-refractivity contribution in [2.45, 2.75) is 24.9 Å². The van der Waals surface area contributed by atoms with Gasteiger partial charge in [-0.1, -0.05) is 18.2 Å². The van der Waals surface area contributed by atoms with Crippen molar-refractivity contribution in [3.8, 4) is 5.75 Å². The Morgan fingerprint density at radius 3 is 2.53 bits per heavy atom. The fraction of sp³-hybridized carbons (Fsp3) is 0.600. The van der Waals surface area contributed by atoms with Crippen LogP contribution in [0.25, 0.3) is 0 Å². The van der Waals surface area contributed by atoms with E-state index in [1.807, 2.05) is 30.3 Å². The van der Waals surface area contributed by atoms with Crippen LogP contribution in [0.15, 0.2) is 30.3 Å². The van der Waals surface area contributed by atoms with Gasteiger partial charge in [0.15, 0.2) is 0 Å². The van der Waals surface area contributed by atoms with E-state index in [1.165, 1.54) is 0 Å². The van der Waals surface area contributed by atoms with Crippen LogP contribution in [0.5, 0.6) is 5.75 Å². The van der Waals surface area contributed by atoms with Crippen LogP contribution < -0.4 is 10.5 Å². The van der Waals surface area contributed by atoms with Crippen LogP contribution in [0.2, 0.25) is 0 Å². The molecule has 4 nitrogen and oxygen atoms in total. The molecule has 2 N–H and O–H groups in total. The number of para-hydroxylation sites is 1. The van der Waals surface area contributed by atoms with Crippen molar-refractivity contribution < 1.29 is 14.2 Å². The van der Waals surface area contributed by atoms with Gasteiger partial charge in [-0.2, -0.15) is 0 Å². The summed E-state index contributed by atoms with van der Waals surface area (Å²) in [5.41, 5.74) is 5.66. The third kappa shape index (κ3) is 4.49. The third-order valence-electron chi connectivity index (χ3n) is 3.48. The predicted molar refractivity (Wildman–Crippen MR) is 74.3 cm³/mol. The van der Waals surface area contributed by atoms with Crippen molar-refractivity contribution in [1.29, 1.82) is 0 Å². The maximum absolute atomic E-state index is 5.97. The van der Waals surface area contributed by atoms with Gasteiger partial charge in [0, 0.05) is 39.0 Å². The summed E-state index contributed by atoms with van der Waals surface area (Å²) in [6.07, 6.45) is 2.66. The summed E-state index contributed by atoms with van der Waals surface area (Å²) in [5.74, 6) is 0.905. The summed E-state index contributed by atoms with van der Waals surface area (Å²) in [7, 11) is 0. The summed E-state index contributed by atoms with van der Waals surface area (Å²) in [4.78, 5) is 0. The normalized spacial score (nSPS) is 18.2. The number of nitrogens with two attached hydrogens (primary N) is 1. The largest absolute Gasteiger partial charge is 0.494 e. The van der Waals surface area contributed by atoms with E-state index >= 15 is 0 Å². The van der Waals surface area contributed by atoms with Crippen LogP contribution in [0, 0.1) is 0 Å². The van der Waals surface area contributed by atoms with Crippen molar-refractivity contribution >= 4 is 0 Å². The zero-order valence-corrected chi connectivity index (χ0v) is 11.3. The van der Waals surface area contributed by atoms with Crippen molar-refractivity contribution in [3.05, 3.63) is 30.3 Å². The zero-order chi connectivity index (χ0) is 13.4. The maximum Gasteiger partial charge on any atom is 0.119 e. The number of hydrogen-bond acceptors (Lipinski definition) is 4. The van der Waals surface area contributed by atoms with Crippen LogP contribution in [-0.4, -0.2) is 38.6 Å². The van der Waals surface area contributed by atoms with Gasteiger partial charge in [0.1, 0.15) is 5.75 Å². The summed E-state index contributed by atoms with van der Waals surface area (Å²) >= 11 is 0. The lowest BCUT2D eigenvalue weighted by atomic mass is 9.94. The van der Waals surface area contributed by atoms with Crippen LogP contribution >= 0.6 is 0 Å². The minimum atomic E-state index is -0.176. The number of ether oxygens (including phenoxy) is 3. The molecule has 106 valence electrons. The Morgan fingerprint density at radius 1 is 1.11 bits per heavy atom. The molecule has 1 aromatic rings. The SMILES string of the molecule is NCC1(OCCCOc2ccccc2)CCOCC1. The van der Waals surface area contributed by atoms with Gasteiger partial charge in [0.05, 0.1) is 18.8 Å². The fourth-order valence-electron chi connectivity index (χ4n) is 2.21. The molecule has 1 fully saturated rings. The molecular weight excluding hydrogens is 242 g/mol. The van der Waals surface area contributed by atoms with Crippen molar-refractivity contribution in [2.75, 3.05) is 33.0 Å². The Kier molecular flexibility index (Phi) is 5.63. The first-order valence-corrected chi connectivity index (χ1v) is 6.94. The van der Waals surface area contributed by atoms with Gasteiger partial charge in [-0.3, -0.25) is 0 Å². The average Bonchev–Trinajstić information content (AvgIpc) is 2.49. The van der Waals surface area contributed by atoms with Gasteiger partial charge in [-0.15, -0.1) is 0 Å². The maximum atomic E-state index is 5.97. The molecule has 0 aliphatic carbocycles. The molecule has 0 aromatic heterocycles. The van der Waals surface area contributed by atoms with Gasteiger partial charge in [0.2, 0.25) is 0 Å². The second-order valence-electron chi connectivity index (χ2n) is 4.86. The fourth-order valence-corrected chi connectivity index (χ4v) is 2.21. The van der Waals surface area contributed by atoms with Gasteiger partial charge >= 0.3 is 0 Å². The Labute approximate surface area is 114 Å². The lowest BCUT2D eigenvalue weighted by Crippen LogP contribution is -2.45. The van der Waals surface area contributed by atoms with E-state index in [0.29, 0.717) is 19.8 Å². The van der Waals surface area contributed by atoms with E-state index in [9.17, 15) is 0 Å². The minimum Gasteiger partial charge on any atom is -0.494 e. The molecule has 0 atom stereocenters. The molecule has 0 amide bonds. The molecule has 19 heavy (non-hydrogen) atoms. The van der Waals surface area contributed by atoms with E-state index in [0.717, 1.165) is 38.2 Å². The Bertz CT molecular complexity index is 350. The van der Waals surface area contributed by atoms with Gasteiger partial charge in [0.25, 0.3) is 0 Å². The number of hydrogen-bond donors (Lipinski definition) is 1. The lowest BCUT2D eigenvalue weighted by Gasteiger charge is -2.36. The minimum absolute atomic E-state index is 0.176. The van der Waals surface area contributed by atoms with E-state index in [4.69, 9.17) is 19.9 Å². The van der Waals surface area contributed by atoms with Crippen LogP contribution in [0.4, 0.5) is 0 Å². The van der Waals surface area contributed by atoms with E-state index in [2.05, 4.69) is 0 Å². The van der Waals surface area contributed by atoms with Crippen molar-refractivity contribution in [3.63, 3.8) is 0 Å². The molecule has 1 aliphatic heterocycles. The van der Waals surface area contributed by atoms with Crippen LogP contribution in [0.3, 0.4) is 0 Å². The third-order valence-corrected chi connectivity index (χ3v) is 3.48. The smallest absolute Gasteiger partial charge is 0.119 e. The molecule has 1 saturated heterocycles. The molecule has 0 spiro atoms. The van der Waals surface area contributed by atoms with Crippen LogP contribution in [-0.2, 0) is 9.47 Å². The molecule has 0 bridgehead atoms. The Balaban J connectivity index is 1.63. The highest BCUT2D eigenvalue weighted by molar-refractivity contribution is 5.20. The van der Waals surface area contributed by atoms with Crippen molar-refractivity contribution in [2.24, 2.45) is 5.73 Å². The summed E-state index contributed by atoms with van der Waals surface area (Å²) < 4.78 is 17.0. The summed E-state index contributed by atoms with van der Waals surface area (Å²) in [5, 5.41) is 0. The van der Waals surface area contributed by atoms with E-state index < -0.39 is 0 Å². The molecule has 0 radical (unpaired) electrons. The summed E-state index contributed by atoms with van der Waals surface area (Å²) in [6.45, 7) is 3.41. The monoisotopic (exact) mass is 265 g/mol. The first-order chi connectivity index (χ1) is 9.35. The molecule has 1 heterocycles. The highest BCUT2D eigenvalue weighted by Gasteiger charge is 2.31. The highest BCUT2D eigenvalue weighted by Crippen LogP contribution is 2.24. The topological polar surface area (TPSA) is 53.7 Å². The van der Waals surface area contributed by atoms with Crippen molar-refractivity contribution in [1.82, 2.24) is 0 Å². The molecule has 0 saturated carbocycles. The number of benzene rings is 1. The van der Waals surface area contributed by atoms with Gasteiger partial charge < -0.3 is 19.9 Å². The quantitative estimate of drug-likeness (QED) is 0.766. The molecule has 1 aliphatic rings. The molecule has 0 unspecified atom stereocenters.